The Morgan fingerprint density at radius 2 is 1.85 bits per heavy atom. The molecule has 0 aliphatic rings. The molecule has 2 aromatic carbocycles. The Labute approximate surface area is 159 Å². The number of benzene rings is 2. The molecule has 1 heterocycles. The van der Waals surface area contributed by atoms with Crippen LogP contribution in [0.2, 0.25) is 10.2 Å². The summed E-state index contributed by atoms with van der Waals surface area (Å²) in [6, 6.07) is 15.2. The molecule has 132 valence electrons. The van der Waals surface area contributed by atoms with E-state index in [4.69, 9.17) is 27.9 Å². The van der Waals surface area contributed by atoms with Crippen molar-refractivity contribution in [1.82, 2.24) is 4.98 Å². The zero-order valence-electron chi connectivity index (χ0n) is 13.7. The fraction of sp³-hybridized carbons (Fsp3) is 0.105. The number of nitrogens with one attached hydrogen (secondary N) is 1. The summed E-state index contributed by atoms with van der Waals surface area (Å²) in [6.45, 7) is 1.49. The van der Waals surface area contributed by atoms with Crippen LogP contribution in [0.4, 0.5) is 5.69 Å². The number of pyridine rings is 1. The minimum absolute atomic E-state index is 0.173. The van der Waals surface area contributed by atoms with Gasteiger partial charge in [0.1, 0.15) is 5.15 Å². The van der Waals surface area contributed by atoms with Crippen molar-refractivity contribution in [2.75, 3.05) is 5.32 Å². The topological polar surface area (TPSA) is 68.3 Å². The summed E-state index contributed by atoms with van der Waals surface area (Å²) >= 11 is 11.9. The minimum atomic E-state index is -1.01. The predicted octanol–water partition coefficient (Wildman–Crippen LogP) is 4.73. The summed E-state index contributed by atoms with van der Waals surface area (Å²) in [5, 5.41) is 3.91. The number of para-hydroxylation sites is 1. The summed E-state index contributed by atoms with van der Waals surface area (Å²) in [7, 11) is 0. The second-order valence-corrected chi connectivity index (χ2v) is 6.38. The van der Waals surface area contributed by atoms with E-state index in [0.29, 0.717) is 21.6 Å². The van der Waals surface area contributed by atoms with Gasteiger partial charge >= 0.3 is 5.97 Å². The first-order valence-corrected chi connectivity index (χ1v) is 8.52. The molecule has 0 unspecified atom stereocenters. The van der Waals surface area contributed by atoms with Crippen molar-refractivity contribution in [3.05, 3.63) is 70.3 Å². The molecule has 0 saturated carbocycles. The Balaban J connectivity index is 1.76. The number of hydrogen-bond donors (Lipinski definition) is 1. The van der Waals surface area contributed by atoms with Gasteiger partial charge < -0.3 is 10.1 Å². The van der Waals surface area contributed by atoms with Gasteiger partial charge in [-0.05, 0) is 37.3 Å². The second kappa shape index (κ2) is 7.72. The van der Waals surface area contributed by atoms with Gasteiger partial charge in [-0.25, -0.2) is 9.78 Å². The van der Waals surface area contributed by atoms with Gasteiger partial charge in [-0.3, -0.25) is 4.79 Å². The van der Waals surface area contributed by atoms with Crippen LogP contribution in [0.1, 0.15) is 17.3 Å². The molecular weight excluding hydrogens is 375 g/mol. The number of fused-ring (bicyclic) bond motifs is 1. The highest BCUT2D eigenvalue weighted by Crippen LogP contribution is 2.22. The number of carbonyl (C=O) groups is 2. The maximum Gasteiger partial charge on any atom is 0.339 e. The lowest BCUT2D eigenvalue weighted by Gasteiger charge is -2.14. The Kier molecular flexibility index (Phi) is 5.40. The standard InChI is InChI=1S/C19H14Cl2N2O3/c1-11(18(24)22-13-6-4-5-12(20)9-13)26-19(25)15-10-17(21)23-16-8-3-2-7-14(15)16/h2-11H,1H3,(H,22,24)/t11-/m0/s1. The summed E-state index contributed by atoms with van der Waals surface area (Å²) in [5.74, 6) is -1.12. The molecule has 1 amide bonds. The number of halogens is 2. The number of esters is 1. The van der Waals surface area contributed by atoms with Crippen molar-refractivity contribution in [2.24, 2.45) is 0 Å². The first-order valence-electron chi connectivity index (χ1n) is 7.77. The van der Waals surface area contributed by atoms with Crippen LogP contribution < -0.4 is 5.32 Å². The zero-order valence-corrected chi connectivity index (χ0v) is 15.2. The van der Waals surface area contributed by atoms with Crippen molar-refractivity contribution in [3.8, 4) is 0 Å². The van der Waals surface area contributed by atoms with Crippen LogP contribution in [0.25, 0.3) is 10.9 Å². The second-order valence-electron chi connectivity index (χ2n) is 5.56. The van der Waals surface area contributed by atoms with E-state index in [1.165, 1.54) is 13.0 Å². The quantitative estimate of drug-likeness (QED) is 0.518. The highest BCUT2D eigenvalue weighted by molar-refractivity contribution is 6.31. The lowest BCUT2D eigenvalue weighted by atomic mass is 10.1. The lowest BCUT2D eigenvalue weighted by molar-refractivity contribution is -0.123. The van der Waals surface area contributed by atoms with Crippen LogP contribution in [-0.2, 0) is 9.53 Å². The van der Waals surface area contributed by atoms with Gasteiger partial charge in [0.2, 0.25) is 0 Å². The van der Waals surface area contributed by atoms with Crippen molar-refractivity contribution >= 4 is 51.7 Å². The normalized spacial score (nSPS) is 11.8. The van der Waals surface area contributed by atoms with Crippen molar-refractivity contribution < 1.29 is 14.3 Å². The summed E-state index contributed by atoms with van der Waals surface area (Å²) in [4.78, 5) is 28.9. The summed E-state index contributed by atoms with van der Waals surface area (Å²) in [5.41, 5.74) is 1.34. The van der Waals surface area contributed by atoms with Gasteiger partial charge in [0, 0.05) is 16.1 Å². The number of amides is 1. The Hall–Kier alpha value is -2.63. The Bertz CT molecular complexity index is 991. The first-order chi connectivity index (χ1) is 12.4. The number of nitrogens with zero attached hydrogens (tertiary/aromatic N) is 1. The van der Waals surface area contributed by atoms with Gasteiger partial charge in [0.15, 0.2) is 6.10 Å². The number of anilines is 1. The average Bonchev–Trinajstić information content (AvgIpc) is 2.60. The summed E-state index contributed by atoms with van der Waals surface area (Å²) in [6.07, 6.45) is -1.01. The highest BCUT2D eigenvalue weighted by atomic mass is 35.5. The first kappa shape index (κ1) is 18.2. The van der Waals surface area contributed by atoms with Crippen LogP contribution in [0.5, 0.6) is 0 Å². The molecule has 3 aromatic rings. The number of aromatic nitrogens is 1. The third-order valence-corrected chi connectivity index (χ3v) is 4.08. The van der Waals surface area contributed by atoms with Gasteiger partial charge in [-0.1, -0.05) is 47.5 Å². The molecule has 7 heteroatoms. The molecular formula is C19H14Cl2N2O3. The van der Waals surface area contributed by atoms with Crippen LogP contribution >= 0.6 is 23.2 Å². The molecule has 0 fully saturated rings. The Morgan fingerprint density at radius 1 is 1.08 bits per heavy atom. The van der Waals surface area contributed by atoms with Crippen molar-refractivity contribution in [2.45, 2.75) is 13.0 Å². The molecule has 0 aliphatic carbocycles. The fourth-order valence-corrected chi connectivity index (χ4v) is 2.79. The maximum atomic E-state index is 12.5. The van der Waals surface area contributed by atoms with Crippen LogP contribution in [0, 0.1) is 0 Å². The van der Waals surface area contributed by atoms with Gasteiger partial charge in [0.25, 0.3) is 5.91 Å². The average molecular weight is 389 g/mol. The van der Waals surface area contributed by atoms with Crippen LogP contribution in [0.3, 0.4) is 0 Å². The highest BCUT2D eigenvalue weighted by Gasteiger charge is 2.21. The van der Waals surface area contributed by atoms with Crippen LogP contribution in [0.15, 0.2) is 54.6 Å². The summed E-state index contributed by atoms with van der Waals surface area (Å²) < 4.78 is 5.29. The molecule has 1 atom stereocenters. The molecule has 0 aliphatic heterocycles. The molecule has 3 rings (SSSR count). The smallest absolute Gasteiger partial charge is 0.339 e. The van der Waals surface area contributed by atoms with E-state index in [1.807, 2.05) is 0 Å². The predicted molar refractivity (Wildman–Crippen MR) is 102 cm³/mol. The zero-order chi connectivity index (χ0) is 18.7. The van der Waals surface area contributed by atoms with Gasteiger partial charge in [0.05, 0.1) is 11.1 Å². The molecule has 1 N–H and O–H groups in total. The SMILES string of the molecule is C[C@H](OC(=O)c1cc(Cl)nc2ccccc12)C(=O)Nc1cccc(Cl)c1. The van der Waals surface area contributed by atoms with E-state index in [0.717, 1.165) is 0 Å². The van der Waals surface area contributed by atoms with Gasteiger partial charge in [-0.2, -0.15) is 0 Å². The third-order valence-electron chi connectivity index (χ3n) is 3.65. The van der Waals surface area contributed by atoms with E-state index in [9.17, 15) is 9.59 Å². The van der Waals surface area contributed by atoms with E-state index in [2.05, 4.69) is 10.3 Å². The fourth-order valence-electron chi connectivity index (χ4n) is 2.40. The molecule has 0 spiro atoms. The molecule has 1 aromatic heterocycles. The van der Waals surface area contributed by atoms with Gasteiger partial charge in [-0.15, -0.1) is 0 Å². The molecule has 0 radical (unpaired) electrons. The molecule has 0 saturated heterocycles. The van der Waals surface area contributed by atoms with E-state index in [1.54, 1.807) is 48.5 Å². The third kappa shape index (κ3) is 4.12. The van der Waals surface area contributed by atoms with Crippen molar-refractivity contribution in [3.63, 3.8) is 0 Å². The monoisotopic (exact) mass is 388 g/mol. The molecule has 5 nitrogen and oxygen atoms in total. The maximum absolute atomic E-state index is 12.5. The minimum Gasteiger partial charge on any atom is -0.449 e. The lowest BCUT2D eigenvalue weighted by Crippen LogP contribution is -2.30. The number of rotatable bonds is 4. The van der Waals surface area contributed by atoms with Crippen molar-refractivity contribution in [1.29, 1.82) is 0 Å². The number of hydrogen-bond acceptors (Lipinski definition) is 4. The Morgan fingerprint density at radius 3 is 2.62 bits per heavy atom. The molecule has 0 bridgehead atoms. The van der Waals surface area contributed by atoms with Crippen LogP contribution in [-0.4, -0.2) is 23.0 Å². The largest absolute Gasteiger partial charge is 0.449 e. The number of ether oxygens (including phenoxy) is 1. The van der Waals surface area contributed by atoms with E-state index in [-0.39, 0.29) is 10.7 Å². The van der Waals surface area contributed by atoms with E-state index >= 15 is 0 Å². The van der Waals surface area contributed by atoms with E-state index < -0.39 is 18.0 Å². The number of carbonyl (C=O) groups excluding carboxylic acids is 2. The molecule has 26 heavy (non-hydrogen) atoms.